The number of aromatic nitrogens is 2. The fraction of sp³-hybridized carbons (Fsp3) is 0.150. The average molecular weight is 348 g/mol. The van der Waals surface area contributed by atoms with Crippen molar-refractivity contribution >= 4 is 23.1 Å². The first-order valence-corrected chi connectivity index (χ1v) is 8.19. The molecule has 0 aliphatic rings. The Bertz CT molecular complexity index is 923. The summed E-state index contributed by atoms with van der Waals surface area (Å²) in [5.74, 6) is 0.822. The van der Waals surface area contributed by atoms with Gasteiger partial charge in [0.2, 0.25) is 0 Å². The van der Waals surface area contributed by atoms with Crippen LogP contribution in [0.5, 0.6) is 5.75 Å². The number of hydrogen-bond donors (Lipinski definition) is 2. The van der Waals surface area contributed by atoms with Crippen molar-refractivity contribution in [2.75, 3.05) is 17.7 Å². The molecular weight excluding hydrogens is 328 g/mol. The van der Waals surface area contributed by atoms with Gasteiger partial charge in [0.15, 0.2) is 11.5 Å². The summed E-state index contributed by atoms with van der Waals surface area (Å²) in [5, 5.41) is 14.1. The van der Waals surface area contributed by atoms with Gasteiger partial charge < -0.3 is 15.4 Å². The lowest BCUT2D eigenvalue weighted by atomic mass is 10.2. The summed E-state index contributed by atoms with van der Waals surface area (Å²) in [7, 11) is 1.56. The molecule has 0 aliphatic carbocycles. The fourth-order valence-corrected chi connectivity index (χ4v) is 2.48. The van der Waals surface area contributed by atoms with Crippen LogP contribution in [-0.2, 0) is 0 Å². The minimum Gasteiger partial charge on any atom is -0.495 e. The number of ether oxygens (including phenoxy) is 1. The summed E-state index contributed by atoms with van der Waals surface area (Å²) in [6, 6.07) is 16.8. The molecule has 132 valence electrons. The lowest BCUT2D eigenvalue weighted by molar-refractivity contribution is 0.102. The van der Waals surface area contributed by atoms with Crippen molar-refractivity contribution in [3.05, 3.63) is 71.4 Å². The van der Waals surface area contributed by atoms with Gasteiger partial charge in [0.1, 0.15) is 5.75 Å². The van der Waals surface area contributed by atoms with Crippen LogP contribution < -0.4 is 15.4 Å². The predicted octanol–water partition coefficient (Wildman–Crippen LogP) is 4.10. The van der Waals surface area contributed by atoms with Crippen LogP contribution in [0.3, 0.4) is 0 Å². The van der Waals surface area contributed by atoms with Gasteiger partial charge >= 0.3 is 0 Å². The van der Waals surface area contributed by atoms with Gasteiger partial charge in [-0.3, -0.25) is 4.79 Å². The number of rotatable bonds is 5. The second-order valence-corrected chi connectivity index (χ2v) is 5.90. The van der Waals surface area contributed by atoms with Gasteiger partial charge in [0.25, 0.3) is 5.91 Å². The number of nitrogens with zero attached hydrogens (tertiary/aromatic N) is 2. The van der Waals surface area contributed by atoms with Gasteiger partial charge in [0.05, 0.1) is 12.8 Å². The van der Waals surface area contributed by atoms with E-state index in [9.17, 15) is 4.79 Å². The van der Waals surface area contributed by atoms with E-state index < -0.39 is 0 Å². The van der Waals surface area contributed by atoms with Gasteiger partial charge in [-0.15, -0.1) is 10.2 Å². The SMILES string of the molecule is COc1ccc(C)cc1NC(=O)c1ccc(Nc2ccccc2C)nn1. The molecule has 2 aromatic carbocycles. The molecule has 2 N–H and O–H groups in total. The predicted molar refractivity (Wildman–Crippen MR) is 102 cm³/mol. The molecule has 0 aliphatic heterocycles. The summed E-state index contributed by atoms with van der Waals surface area (Å²) in [5.41, 5.74) is 3.89. The van der Waals surface area contributed by atoms with E-state index in [4.69, 9.17) is 4.74 Å². The van der Waals surface area contributed by atoms with Crippen molar-refractivity contribution < 1.29 is 9.53 Å². The van der Waals surface area contributed by atoms with Gasteiger partial charge in [-0.05, 0) is 55.3 Å². The zero-order valence-electron chi connectivity index (χ0n) is 14.9. The second-order valence-electron chi connectivity index (χ2n) is 5.90. The molecule has 0 spiro atoms. The monoisotopic (exact) mass is 348 g/mol. The number of benzene rings is 2. The molecule has 0 fully saturated rings. The maximum atomic E-state index is 12.4. The topological polar surface area (TPSA) is 76.1 Å². The maximum Gasteiger partial charge on any atom is 0.276 e. The third-order valence-corrected chi connectivity index (χ3v) is 3.91. The zero-order valence-corrected chi connectivity index (χ0v) is 14.9. The van der Waals surface area contributed by atoms with Crippen LogP contribution >= 0.6 is 0 Å². The van der Waals surface area contributed by atoms with Crippen molar-refractivity contribution in [3.63, 3.8) is 0 Å². The molecule has 0 radical (unpaired) electrons. The number of hydrogen-bond acceptors (Lipinski definition) is 5. The highest BCUT2D eigenvalue weighted by Gasteiger charge is 2.12. The number of amides is 1. The molecule has 0 atom stereocenters. The van der Waals surface area contributed by atoms with Crippen LogP contribution in [0.1, 0.15) is 21.6 Å². The van der Waals surface area contributed by atoms with E-state index in [1.807, 2.05) is 56.3 Å². The van der Waals surface area contributed by atoms with Crippen LogP contribution in [0.25, 0.3) is 0 Å². The quantitative estimate of drug-likeness (QED) is 0.726. The Hall–Kier alpha value is -3.41. The molecule has 0 unspecified atom stereocenters. The molecule has 0 saturated heterocycles. The Morgan fingerprint density at radius 2 is 1.77 bits per heavy atom. The summed E-state index contributed by atoms with van der Waals surface area (Å²) in [4.78, 5) is 12.4. The molecule has 0 saturated carbocycles. The molecule has 1 amide bonds. The smallest absolute Gasteiger partial charge is 0.276 e. The van der Waals surface area contributed by atoms with Crippen LogP contribution in [0.4, 0.5) is 17.2 Å². The molecule has 3 aromatic rings. The Morgan fingerprint density at radius 1 is 0.962 bits per heavy atom. The van der Waals surface area contributed by atoms with Crippen LogP contribution in [0.2, 0.25) is 0 Å². The Balaban J connectivity index is 1.73. The fourth-order valence-electron chi connectivity index (χ4n) is 2.48. The highest BCUT2D eigenvalue weighted by Crippen LogP contribution is 2.25. The highest BCUT2D eigenvalue weighted by molar-refractivity contribution is 6.03. The van der Waals surface area contributed by atoms with Gasteiger partial charge in [0, 0.05) is 5.69 Å². The lowest BCUT2D eigenvalue weighted by Gasteiger charge is -2.11. The summed E-state index contributed by atoms with van der Waals surface area (Å²) in [6.45, 7) is 3.95. The van der Waals surface area contributed by atoms with Crippen molar-refractivity contribution in [1.29, 1.82) is 0 Å². The number of methoxy groups -OCH3 is 1. The van der Waals surface area contributed by atoms with Crippen LogP contribution in [0, 0.1) is 13.8 Å². The molecule has 3 rings (SSSR count). The molecule has 6 heteroatoms. The number of para-hydroxylation sites is 1. The van der Waals surface area contributed by atoms with E-state index in [0.29, 0.717) is 17.3 Å². The summed E-state index contributed by atoms with van der Waals surface area (Å²) >= 11 is 0. The molecule has 6 nitrogen and oxygen atoms in total. The van der Waals surface area contributed by atoms with Crippen molar-refractivity contribution in [2.24, 2.45) is 0 Å². The Labute approximate surface area is 152 Å². The van der Waals surface area contributed by atoms with E-state index in [2.05, 4.69) is 20.8 Å². The van der Waals surface area contributed by atoms with E-state index in [1.54, 1.807) is 19.2 Å². The number of aryl methyl sites for hydroxylation is 2. The molecule has 1 aromatic heterocycles. The largest absolute Gasteiger partial charge is 0.495 e. The van der Waals surface area contributed by atoms with Gasteiger partial charge in [-0.25, -0.2) is 0 Å². The first-order chi connectivity index (χ1) is 12.6. The van der Waals surface area contributed by atoms with Gasteiger partial charge in [-0.1, -0.05) is 24.3 Å². The van der Waals surface area contributed by atoms with E-state index in [0.717, 1.165) is 16.8 Å². The highest BCUT2D eigenvalue weighted by atomic mass is 16.5. The van der Waals surface area contributed by atoms with E-state index in [1.165, 1.54) is 0 Å². The molecule has 1 heterocycles. The molecular formula is C20H20N4O2. The lowest BCUT2D eigenvalue weighted by Crippen LogP contribution is -2.15. The first-order valence-electron chi connectivity index (χ1n) is 8.19. The third kappa shape index (κ3) is 3.97. The third-order valence-electron chi connectivity index (χ3n) is 3.91. The zero-order chi connectivity index (χ0) is 18.5. The minimum absolute atomic E-state index is 0.226. The Kier molecular flexibility index (Phi) is 5.12. The maximum absolute atomic E-state index is 12.4. The first kappa shape index (κ1) is 17.4. The van der Waals surface area contributed by atoms with Crippen molar-refractivity contribution in [3.8, 4) is 5.75 Å². The Morgan fingerprint density at radius 3 is 2.46 bits per heavy atom. The van der Waals surface area contributed by atoms with Gasteiger partial charge in [-0.2, -0.15) is 0 Å². The number of carbonyl (C=O) groups is 1. The second kappa shape index (κ2) is 7.65. The number of carbonyl (C=O) groups excluding carboxylic acids is 1. The van der Waals surface area contributed by atoms with Crippen LogP contribution in [0.15, 0.2) is 54.6 Å². The average Bonchev–Trinajstić information content (AvgIpc) is 2.64. The van der Waals surface area contributed by atoms with E-state index in [-0.39, 0.29) is 11.6 Å². The van der Waals surface area contributed by atoms with E-state index >= 15 is 0 Å². The number of anilines is 3. The standard InChI is InChI=1S/C20H20N4O2/c1-13-8-10-18(26-3)17(12-13)22-20(25)16-9-11-19(24-23-16)21-15-7-5-4-6-14(15)2/h4-12H,1-3H3,(H,21,24)(H,22,25). The normalized spacial score (nSPS) is 10.3. The van der Waals surface area contributed by atoms with Crippen molar-refractivity contribution in [2.45, 2.75) is 13.8 Å². The number of nitrogens with one attached hydrogen (secondary N) is 2. The molecule has 0 bridgehead atoms. The van der Waals surface area contributed by atoms with Crippen molar-refractivity contribution in [1.82, 2.24) is 10.2 Å². The minimum atomic E-state index is -0.344. The molecule has 26 heavy (non-hydrogen) atoms. The summed E-state index contributed by atoms with van der Waals surface area (Å²) in [6.07, 6.45) is 0. The summed E-state index contributed by atoms with van der Waals surface area (Å²) < 4.78 is 5.27. The van der Waals surface area contributed by atoms with Crippen LogP contribution in [-0.4, -0.2) is 23.2 Å².